The summed E-state index contributed by atoms with van der Waals surface area (Å²) < 4.78 is 5.12. The van der Waals surface area contributed by atoms with Gasteiger partial charge < -0.3 is 9.64 Å². The molecular formula is C14H27NO2. The van der Waals surface area contributed by atoms with E-state index in [1.54, 1.807) is 0 Å². The zero-order valence-electron chi connectivity index (χ0n) is 11.6. The molecule has 1 unspecified atom stereocenters. The van der Waals surface area contributed by atoms with Crippen LogP contribution in [0, 0.1) is 11.8 Å². The molecule has 0 amide bonds. The SMILES string of the molecule is CCOC(=O)C1CCCN(CC(CC)CC)C1. The predicted molar refractivity (Wildman–Crippen MR) is 69.9 cm³/mol. The number of nitrogens with zero attached hydrogens (tertiary/aromatic N) is 1. The molecule has 1 aliphatic rings. The van der Waals surface area contributed by atoms with Crippen molar-refractivity contribution in [3.8, 4) is 0 Å². The van der Waals surface area contributed by atoms with E-state index in [1.807, 2.05) is 6.92 Å². The highest BCUT2D eigenvalue weighted by molar-refractivity contribution is 5.72. The second-order valence-electron chi connectivity index (χ2n) is 5.03. The molecule has 0 spiro atoms. The number of likely N-dealkylation sites (tertiary alicyclic amines) is 1. The summed E-state index contributed by atoms with van der Waals surface area (Å²) in [6.45, 7) is 10.1. The molecular weight excluding hydrogens is 214 g/mol. The van der Waals surface area contributed by atoms with Crippen molar-refractivity contribution in [1.82, 2.24) is 4.90 Å². The fraction of sp³-hybridized carbons (Fsp3) is 0.929. The Balaban J connectivity index is 2.40. The second-order valence-corrected chi connectivity index (χ2v) is 5.03. The molecule has 0 aromatic rings. The fourth-order valence-electron chi connectivity index (χ4n) is 2.59. The maximum absolute atomic E-state index is 11.7. The van der Waals surface area contributed by atoms with Crippen molar-refractivity contribution in [2.75, 3.05) is 26.2 Å². The molecule has 0 bridgehead atoms. The number of carbonyl (C=O) groups is 1. The molecule has 0 aromatic heterocycles. The van der Waals surface area contributed by atoms with Crippen molar-refractivity contribution in [2.45, 2.75) is 46.5 Å². The number of esters is 1. The van der Waals surface area contributed by atoms with Crippen LogP contribution in [-0.2, 0) is 9.53 Å². The van der Waals surface area contributed by atoms with E-state index in [9.17, 15) is 4.79 Å². The van der Waals surface area contributed by atoms with E-state index in [0.29, 0.717) is 6.61 Å². The number of rotatable bonds is 6. The highest BCUT2D eigenvalue weighted by Gasteiger charge is 2.27. The van der Waals surface area contributed by atoms with E-state index in [2.05, 4.69) is 18.7 Å². The molecule has 0 aromatic carbocycles. The lowest BCUT2D eigenvalue weighted by Gasteiger charge is -2.33. The normalized spacial score (nSPS) is 21.8. The smallest absolute Gasteiger partial charge is 0.310 e. The summed E-state index contributed by atoms with van der Waals surface area (Å²) in [5.74, 6) is 0.885. The van der Waals surface area contributed by atoms with Crippen LogP contribution in [0.2, 0.25) is 0 Å². The summed E-state index contributed by atoms with van der Waals surface area (Å²) in [7, 11) is 0. The summed E-state index contributed by atoms with van der Waals surface area (Å²) in [5.41, 5.74) is 0. The summed E-state index contributed by atoms with van der Waals surface area (Å²) >= 11 is 0. The topological polar surface area (TPSA) is 29.5 Å². The van der Waals surface area contributed by atoms with Gasteiger partial charge in [-0.25, -0.2) is 0 Å². The molecule has 1 heterocycles. The van der Waals surface area contributed by atoms with Crippen molar-refractivity contribution in [3.05, 3.63) is 0 Å². The van der Waals surface area contributed by atoms with E-state index in [1.165, 1.54) is 12.8 Å². The molecule has 1 atom stereocenters. The first-order valence-electron chi connectivity index (χ1n) is 7.10. The maximum Gasteiger partial charge on any atom is 0.310 e. The van der Waals surface area contributed by atoms with E-state index in [4.69, 9.17) is 4.74 Å². The number of hydrogen-bond acceptors (Lipinski definition) is 3. The molecule has 3 nitrogen and oxygen atoms in total. The molecule has 3 heteroatoms. The molecule has 0 radical (unpaired) electrons. The first kappa shape index (κ1) is 14.5. The van der Waals surface area contributed by atoms with Gasteiger partial charge in [0.15, 0.2) is 0 Å². The third kappa shape index (κ3) is 4.66. The highest BCUT2D eigenvalue weighted by atomic mass is 16.5. The Morgan fingerprint density at radius 2 is 2.06 bits per heavy atom. The molecule has 100 valence electrons. The lowest BCUT2D eigenvalue weighted by atomic mass is 9.95. The van der Waals surface area contributed by atoms with Gasteiger partial charge in [-0.3, -0.25) is 4.79 Å². The van der Waals surface area contributed by atoms with Crippen LogP contribution >= 0.6 is 0 Å². The van der Waals surface area contributed by atoms with Gasteiger partial charge >= 0.3 is 5.97 Å². The Hall–Kier alpha value is -0.570. The number of piperidine rings is 1. The van der Waals surface area contributed by atoms with Crippen LogP contribution in [-0.4, -0.2) is 37.1 Å². The summed E-state index contributed by atoms with van der Waals surface area (Å²) in [6, 6.07) is 0. The monoisotopic (exact) mass is 241 g/mol. The lowest BCUT2D eigenvalue weighted by Crippen LogP contribution is -2.41. The zero-order valence-corrected chi connectivity index (χ0v) is 11.6. The minimum Gasteiger partial charge on any atom is -0.466 e. The van der Waals surface area contributed by atoms with Gasteiger partial charge in [-0.2, -0.15) is 0 Å². The van der Waals surface area contributed by atoms with Gasteiger partial charge in [-0.05, 0) is 32.2 Å². The summed E-state index contributed by atoms with van der Waals surface area (Å²) in [4.78, 5) is 14.2. The molecule has 0 aliphatic carbocycles. The standard InChI is InChI=1S/C14H27NO2/c1-4-12(5-2)10-15-9-7-8-13(11-15)14(16)17-6-3/h12-13H,4-11H2,1-3H3. The van der Waals surface area contributed by atoms with Gasteiger partial charge in [0.2, 0.25) is 0 Å². The van der Waals surface area contributed by atoms with Crippen molar-refractivity contribution in [3.63, 3.8) is 0 Å². The first-order valence-corrected chi connectivity index (χ1v) is 7.10. The van der Waals surface area contributed by atoms with Crippen molar-refractivity contribution >= 4 is 5.97 Å². The molecule has 1 fully saturated rings. The minimum absolute atomic E-state index is 0.00162. The van der Waals surface area contributed by atoms with Crippen LogP contribution in [0.15, 0.2) is 0 Å². The molecule has 0 N–H and O–H groups in total. The molecule has 1 rings (SSSR count). The van der Waals surface area contributed by atoms with Gasteiger partial charge in [-0.15, -0.1) is 0 Å². The maximum atomic E-state index is 11.7. The van der Waals surface area contributed by atoms with Crippen molar-refractivity contribution in [2.24, 2.45) is 11.8 Å². The van der Waals surface area contributed by atoms with Gasteiger partial charge in [0, 0.05) is 13.1 Å². The number of ether oxygens (including phenoxy) is 1. The van der Waals surface area contributed by atoms with E-state index >= 15 is 0 Å². The Labute approximate surface area is 106 Å². The van der Waals surface area contributed by atoms with Crippen molar-refractivity contribution in [1.29, 1.82) is 0 Å². The Kier molecular flexibility index (Phi) is 6.56. The predicted octanol–water partition coefficient (Wildman–Crippen LogP) is 2.70. The molecule has 1 saturated heterocycles. The number of hydrogen-bond donors (Lipinski definition) is 0. The number of carbonyl (C=O) groups excluding carboxylic acids is 1. The quantitative estimate of drug-likeness (QED) is 0.670. The van der Waals surface area contributed by atoms with E-state index < -0.39 is 0 Å². The van der Waals surface area contributed by atoms with Crippen LogP contribution in [0.25, 0.3) is 0 Å². The summed E-state index contributed by atoms with van der Waals surface area (Å²) in [5, 5.41) is 0. The third-order valence-electron chi connectivity index (χ3n) is 3.80. The first-order chi connectivity index (χ1) is 8.21. The fourth-order valence-corrected chi connectivity index (χ4v) is 2.59. The van der Waals surface area contributed by atoms with Gasteiger partial charge in [0.05, 0.1) is 12.5 Å². The van der Waals surface area contributed by atoms with Crippen LogP contribution < -0.4 is 0 Å². The Morgan fingerprint density at radius 1 is 1.35 bits per heavy atom. The van der Waals surface area contributed by atoms with Crippen molar-refractivity contribution < 1.29 is 9.53 Å². The van der Waals surface area contributed by atoms with E-state index in [-0.39, 0.29) is 11.9 Å². The van der Waals surface area contributed by atoms with Gasteiger partial charge in [-0.1, -0.05) is 26.7 Å². The average molecular weight is 241 g/mol. The zero-order chi connectivity index (χ0) is 12.7. The van der Waals surface area contributed by atoms with Crippen LogP contribution in [0.3, 0.4) is 0 Å². The average Bonchev–Trinajstić information content (AvgIpc) is 2.36. The van der Waals surface area contributed by atoms with Crippen LogP contribution in [0.1, 0.15) is 46.5 Å². The highest BCUT2D eigenvalue weighted by Crippen LogP contribution is 2.20. The molecule has 1 aliphatic heterocycles. The minimum atomic E-state index is 0.00162. The van der Waals surface area contributed by atoms with E-state index in [0.717, 1.165) is 38.4 Å². The Morgan fingerprint density at radius 3 is 2.65 bits per heavy atom. The third-order valence-corrected chi connectivity index (χ3v) is 3.80. The van der Waals surface area contributed by atoms with Crippen LogP contribution in [0.4, 0.5) is 0 Å². The largest absolute Gasteiger partial charge is 0.466 e. The second kappa shape index (κ2) is 7.70. The van der Waals surface area contributed by atoms with Gasteiger partial charge in [0.25, 0.3) is 0 Å². The van der Waals surface area contributed by atoms with Gasteiger partial charge in [0.1, 0.15) is 0 Å². The lowest BCUT2D eigenvalue weighted by molar-refractivity contribution is -0.150. The molecule has 0 saturated carbocycles. The molecule has 17 heavy (non-hydrogen) atoms. The Bertz CT molecular complexity index is 226. The van der Waals surface area contributed by atoms with Crippen LogP contribution in [0.5, 0.6) is 0 Å². The summed E-state index contributed by atoms with van der Waals surface area (Å²) in [6.07, 6.45) is 4.59.